The van der Waals surface area contributed by atoms with Gasteiger partial charge in [0, 0.05) is 67.5 Å². The van der Waals surface area contributed by atoms with Crippen molar-refractivity contribution < 1.29 is 0 Å². The van der Waals surface area contributed by atoms with Crippen LogP contribution in [-0.4, -0.2) is 110 Å². The summed E-state index contributed by atoms with van der Waals surface area (Å²) in [5.74, 6) is 4.37. The van der Waals surface area contributed by atoms with Crippen LogP contribution in [0.2, 0.25) is 0 Å². The summed E-state index contributed by atoms with van der Waals surface area (Å²) in [4.78, 5) is 30.5. The summed E-state index contributed by atoms with van der Waals surface area (Å²) in [6.45, 7) is 11.7. The molecule has 8 aromatic rings. The Morgan fingerprint density at radius 1 is 0.397 bits per heavy atom. The van der Waals surface area contributed by atoms with Gasteiger partial charge in [0.25, 0.3) is 0 Å². The van der Waals surface area contributed by atoms with E-state index in [9.17, 15) is 0 Å². The maximum atomic E-state index is 5.03. The van der Waals surface area contributed by atoms with Crippen LogP contribution in [0.4, 0.5) is 0 Å². The molecule has 1 aliphatic heterocycles. The van der Waals surface area contributed by atoms with E-state index in [2.05, 4.69) is 163 Å². The number of hydrogen-bond acceptors (Lipinski definition) is 8. The summed E-state index contributed by atoms with van der Waals surface area (Å²) in [6.07, 6.45) is 2.21. The number of rotatable bonds is 16. The summed E-state index contributed by atoms with van der Waals surface area (Å²) in [5.41, 5.74) is 8.91. The van der Waals surface area contributed by atoms with E-state index in [4.69, 9.17) is 19.9 Å². The Bertz CT molecular complexity index is 2290. The molecule has 9 rings (SSSR count). The lowest BCUT2D eigenvalue weighted by molar-refractivity contribution is 0.118. The van der Waals surface area contributed by atoms with Crippen molar-refractivity contribution in [1.29, 1.82) is 0 Å². The van der Waals surface area contributed by atoms with Crippen molar-refractivity contribution in [1.82, 2.24) is 57.8 Å². The fourth-order valence-electron chi connectivity index (χ4n) is 8.85. The van der Waals surface area contributed by atoms with Gasteiger partial charge in [-0.05, 0) is 74.5 Å². The highest BCUT2D eigenvalue weighted by Crippen LogP contribution is 2.22. The van der Waals surface area contributed by atoms with E-state index in [1.165, 1.54) is 22.1 Å². The van der Waals surface area contributed by atoms with Crippen molar-refractivity contribution in [2.45, 2.75) is 39.0 Å². The third-order valence-electron chi connectivity index (χ3n) is 12.3. The van der Waals surface area contributed by atoms with Gasteiger partial charge in [0.05, 0.1) is 70.3 Å². The van der Waals surface area contributed by atoms with Gasteiger partial charge in [-0.15, -0.1) is 0 Å². The van der Waals surface area contributed by atoms with Crippen molar-refractivity contribution in [3.05, 3.63) is 120 Å². The molecule has 0 aliphatic carbocycles. The molecule has 0 saturated carbocycles. The van der Waals surface area contributed by atoms with Gasteiger partial charge in [0.15, 0.2) is 0 Å². The molecule has 0 N–H and O–H groups in total. The number of imidazole rings is 4. The van der Waals surface area contributed by atoms with Gasteiger partial charge < -0.3 is 28.1 Å². The predicted molar refractivity (Wildman–Crippen MR) is 233 cm³/mol. The van der Waals surface area contributed by atoms with Crippen molar-refractivity contribution >= 4 is 44.1 Å². The molecule has 12 heteroatoms. The van der Waals surface area contributed by atoms with Crippen LogP contribution in [0.15, 0.2) is 97.1 Å². The number of fused-ring (bicyclic) bond motifs is 4. The van der Waals surface area contributed by atoms with Gasteiger partial charge >= 0.3 is 0 Å². The molecule has 4 aromatic carbocycles. The summed E-state index contributed by atoms with van der Waals surface area (Å²) in [6, 6.07) is 33.7. The Hall–Kier alpha value is -5.40. The summed E-state index contributed by atoms with van der Waals surface area (Å²) < 4.78 is 8.99. The smallest absolute Gasteiger partial charge is 0.123 e. The first-order valence-corrected chi connectivity index (χ1v) is 20.9. The molecule has 0 radical (unpaired) electrons. The van der Waals surface area contributed by atoms with Crippen molar-refractivity contribution in [3.8, 4) is 0 Å². The zero-order valence-electron chi connectivity index (χ0n) is 34.5. The Morgan fingerprint density at radius 2 is 0.655 bits per heavy atom. The average molecular weight is 777 g/mol. The molecule has 58 heavy (non-hydrogen) atoms. The number of hydrogen-bond donors (Lipinski definition) is 0. The third kappa shape index (κ3) is 8.02. The van der Waals surface area contributed by atoms with Crippen LogP contribution >= 0.6 is 0 Å². The van der Waals surface area contributed by atoms with Crippen LogP contribution in [0, 0.1) is 0 Å². The van der Waals surface area contributed by atoms with E-state index < -0.39 is 0 Å². The zero-order chi connectivity index (χ0) is 39.6. The van der Waals surface area contributed by atoms with Gasteiger partial charge in [-0.3, -0.25) is 9.80 Å². The van der Waals surface area contributed by atoms with Gasteiger partial charge in [-0.1, -0.05) is 48.5 Å². The van der Waals surface area contributed by atoms with E-state index in [0.717, 1.165) is 137 Å². The van der Waals surface area contributed by atoms with E-state index in [0.29, 0.717) is 0 Å². The van der Waals surface area contributed by atoms with Gasteiger partial charge in [-0.25, -0.2) is 19.9 Å². The highest BCUT2D eigenvalue weighted by atomic mass is 15.3. The molecular weight excluding hydrogens is 721 g/mol. The number of piperazine rings is 1. The number of aryl methyl sites for hydroxylation is 4. The third-order valence-corrected chi connectivity index (χ3v) is 12.3. The van der Waals surface area contributed by atoms with Crippen molar-refractivity contribution in [2.75, 3.05) is 52.4 Å². The first kappa shape index (κ1) is 38.1. The van der Waals surface area contributed by atoms with Gasteiger partial charge in [0.2, 0.25) is 0 Å². The monoisotopic (exact) mass is 776 g/mol. The summed E-state index contributed by atoms with van der Waals surface area (Å²) in [5, 5.41) is 0. The maximum Gasteiger partial charge on any atom is 0.123 e. The minimum absolute atomic E-state index is 0.784. The van der Waals surface area contributed by atoms with E-state index in [1.54, 1.807) is 0 Å². The Balaban J connectivity index is 0.800. The molecular formula is C46H56N12. The average Bonchev–Trinajstić information content (AvgIpc) is 3.95. The molecule has 0 spiro atoms. The van der Waals surface area contributed by atoms with Crippen LogP contribution in [0.1, 0.15) is 36.1 Å². The van der Waals surface area contributed by atoms with Gasteiger partial charge in [-0.2, -0.15) is 0 Å². The second-order valence-electron chi connectivity index (χ2n) is 16.1. The number of benzene rings is 4. The molecule has 5 heterocycles. The molecule has 0 atom stereocenters. The van der Waals surface area contributed by atoms with E-state index in [-0.39, 0.29) is 0 Å². The molecule has 1 fully saturated rings. The normalized spacial score (nSPS) is 14.4. The molecule has 0 amide bonds. The second-order valence-corrected chi connectivity index (χ2v) is 16.1. The zero-order valence-corrected chi connectivity index (χ0v) is 34.5. The predicted octanol–water partition coefficient (Wildman–Crippen LogP) is 6.34. The molecule has 4 aromatic heterocycles. The lowest BCUT2D eigenvalue weighted by Gasteiger charge is -2.35. The largest absolute Gasteiger partial charge is 0.330 e. The quantitative estimate of drug-likeness (QED) is 0.113. The van der Waals surface area contributed by atoms with E-state index >= 15 is 0 Å². The minimum Gasteiger partial charge on any atom is -0.330 e. The van der Waals surface area contributed by atoms with Crippen LogP contribution in [0.5, 0.6) is 0 Å². The number of para-hydroxylation sites is 8. The first-order chi connectivity index (χ1) is 28.4. The lowest BCUT2D eigenvalue weighted by Crippen LogP contribution is -2.47. The summed E-state index contributed by atoms with van der Waals surface area (Å²) in [7, 11) is 8.55. The Kier molecular flexibility index (Phi) is 11.1. The molecule has 0 bridgehead atoms. The standard InChI is InChI=1S/C46H56N12/c1-51-39-19-9-5-15-35(39)47-43(51)31-57(32-44-48-36-16-6-10-20-40(36)52(44)2)25-13-23-55-27-29-56(30-28-55)24-14-26-58(33-45-49-37-17-7-11-21-41(37)53(45)3)34-46-50-38-18-8-12-22-42(38)54(46)4/h5-12,15-22H,13-14,23-34H2,1-4H3. The maximum absolute atomic E-state index is 5.03. The summed E-state index contributed by atoms with van der Waals surface area (Å²) >= 11 is 0. The first-order valence-electron chi connectivity index (χ1n) is 20.9. The molecule has 1 saturated heterocycles. The Morgan fingerprint density at radius 3 is 0.914 bits per heavy atom. The van der Waals surface area contributed by atoms with Crippen molar-refractivity contribution in [2.24, 2.45) is 28.2 Å². The van der Waals surface area contributed by atoms with Gasteiger partial charge in [0.1, 0.15) is 23.3 Å². The van der Waals surface area contributed by atoms with Crippen LogP contribution in [0.25, 0.3) is 44.1 Å². The molecule has 1 aliphatic rings. The highest BCUT2D eigenvalue weighted by molar-refractivity contribution is 5.77. The molecule has 300 valence electrons. The van der Waals surface area contributed by atoms with E-state index in [1.807, 2.05) is 0 Å². The van der Waals surface area contributed by atoms with Crippen LogP contribution in [-0.2, 0) is 54.4 Å². The number of aromatic nitrogens is 8. The SMILES string of the molecule is Cn1c(CN(CCCN2CCN(CCCN(Cc3nc4ccccc4n3C)Cc3nc4ccccc4n3C)CC2)Cc2nc3ccccc3n2C)nc2ccccc21. The lowest BCUT2D eigenvalue weighted by atomic mass is 10.2. The topological polar surface area (TPSA) is 84.2 Å². The highest BCUT2D eigenvalue weighted by Gasteiger charge is 2.21. The molecule has 12 nitrogen and oxygen atoms in total. The number of nitrogens with zero attached hydrogens (tertiary/aromatic N) is 12. The van der Waals surface area contributed by atoms with Crippen LogP contribution in [0.3, 0.4) is 0 Å². The minimum atomic E-state index is 0.784. The second kappa shape index (κ2) is 16.8. The molecule has 0 unspecified atom stereocenters. The Labute approximate surface area is 340 Å². The van der Waals surface area contributed by atoms with Crippen LogP contribution < -0.4 is 0 Å². The fourth-order valence-corrected chi connectivity index (χ4v) is 8.85. The van der Waals surface area contributed by atoms with Crippen molar-refractivity contribution in [3.63, 3.8) is 0 Å². The fraction of sp³-hybridized carbons (Fsp3) is 0.391.